The summed E-state index contributed by atoms with van der Waals surface area (Å²) in [5.74, 6) is -0.346. The first kappa shape index (κ1) is 18.8. The molecule has 1 saturated carbocycles. The summed E-state index contributed by atoms with van der Waals surface area (Å²) in [6.45, 7) is 3.29. The van der Waals surface area contributed by atoms with Crippen LogP contribution in [0.15, 0.2) is 30.3 Å². The SMILES string of the molecule is Cc1cc(C)nc(N(C(N)=O)S(=O)(=O)Nc2ccccc2C2(C=O)CC2)n1. The molecule has 1 aliphatic rings. The number of primary amides is 1. The average molecular weight is 389 g/mol. The zero-order valence-electron chi connectivity index (χ0n) is 14.8. The van der Waals surface area contributed by atoms with Gasteiger partial charge in [-0.15, -0.1) is 4.31 Å². The van der Waals surface area contributed by atoms with Crippen LogP contribution >= 0.6 is 0 Å². The molecule has 3 rings (SSSR count). The second kappa shape index (κ2) is 6.62. The van der Waals surface area contributed by atoms with Gasteiger partial charge >= 0.3 is 16.2 Å². The Bertz CT molecular complexity index is 997. The third-order valence-corrected chi connectivity index (χ3v) is 5.61. The van der Waals surface area contributed by atoms with Gasteiger partial charge in [-0.25, -0.2) is 14.8 Å². The minimum atomic E-state index is -4.46. The van der Waals surface area contributed by atoms with Crippen molar-refractivity contribution in [3.8, 4) is 0 Å². The van der Waals surface area contributed by atoms with Crippen LogP contribution in [-0.4, -0.2) is 30.7 Å². The van der Waals surface area contributed by atoms with Crippen LogP contribution in [0.4, 0.5) is 16.4 Å². The standard InChI is InChI=1S/C17H19N5O4S/c1-11-9-12(2)20-16(19-11)22(15(18)24)27(25,26)21-14-6-4-3-5-13(14)17(10-23)7-8-17/h3-6,9-10,21H,7-8H2,1-2H3,(H2,18,24). The highest BCUT2D eigenvalue weighted by Crippen LogP contribution is 2.49. The molecule has 0 aliphatic heterocycles. The molecule has 142 valence electrons. The lowest BCUT2D eigenvalue weighted by atomic mass is 9.96. The Labute approximate surface area is 156 Å². The average Bonchev–Trinajstić information content (AvgIpc) is 3.34. The van der Waals surface area contributed by atoms with E-state index in [9.17, 15) is 18.0 Å². The van der Waals surface area contributed by atoms with Gasteiger partial charge in [-0.3, -0.25) is 4.72 Å². The maximum Gasteiger partial charge on any atom is 0.337 e. The maximum atomic E-state index is 12.9. The third kappa shape index (κ3) is 3.61. The number of para-hydroxylation sites is 1. The second-order valence-electron chi connectivity index (χ2n) is 6.48. The van der Waals surface area contributed by atoms with Crippen molar-refractivity contribution < 1.29 is 18.0 Å². The van der Waals surface area contributed by atoms with Crippen molar-refractivity contribution in [2.45, 2.75) is 32.1 Å². The highest BCUT2D eigenvalue weighted by atomic mass is 32.2. The van der Waals surface area contributed by atoms with Gasteiger partial charge in [0.1, 0.15) is 6.29 Å². The Morgan fingerprint density at radius 1 is 1.22 bits per heavy atom. The Kier molecular flexibility index (Phi) is 4.60. The molecule has 10 heteroatoms. The van der Waals surface area contributed by atoms with Crippen molar-refractivity contribution in [2.75, 3.05) is 9.03 Å². The number of urea groups is 1. The van der Waals surface area contributed by atoms with Crippen molar-refractivity contribution in [3.05, 3.63) is 47.3 Å². The van der Waals surface area contributed by atoms with Gasteiger partial charge in [0, 0.05) is 11.4 Å². The molecule has 0 unspecified atom stereocenters. The molecule has 1 aromatic carbocycles. The summed E-state index contributed by atoms with van der Waals surface area (Å²) in [5, 5.41) is 0. The Balaban J connectivity index is 2.03. The molecule has 1 aromatic heterocycles. The van der Waals surface area contributed by atoms with Gasteiger partial charge in [-0.05, 0) is 44.4 Å². The Morgan fingerprint density at radius 3 is 2.33 bits per heavy atom. The normalized spacial score (nSPS) is 15.0. The number of benzene rings is 1. The van der Waals surface area contributed by atoms with Crippen LogP contribution in [0.2, 0.25) is 0 Å². The van der Waals surface area contributed by atoms with Crippen LogP contribution in [0.1, 0.15) is 29.8 Å². The van der Waals surface area contributed by atoms with E-state index < -0.39 is 21.7 Å². The summed E-state index contributed by atoms with van der Waals surface area (Å²) in [4.78, 5) is 31.4. The van der Waals surface area contributed by atoms with Crippen molar-refractivity contribution in [3.63, 3.8) is 0 Å². The number of aldehydes is 1. The number of nitrogens with zero attached hydrogens (tertiary/aromatic N) is 3. The first-order chi connectivity index (χ1) is 12.7. The van der Waals surface area contributed by atoms with E-state index in [0.717, 1.165) is 6.29 Å². The summed E-state index contributed by atoms with van der Waals surface area (Å²) in [6.07, 6.45) is 2.09. The van der Waals surface area contributed by atoms with E-state index in [4.69, 9.17) is 5.73 Å². The molecule has 9 nitrogen and oxygen atoms in total. The van der Waals surface area contributed by atoms with Crippen LogP contribution in [-0.2, 0) is 20.4 Å². The zero-order valence-corrected chi connectivity index (χ0v) is 15.7. The number of carbonyl (C=O) groups is 2. The zero-order chi connectivity index (χ0) is 19.8. The van der Waals surface area contributed by atoms with Crippen molar-refractivity contribution in [1.82, 2.24) is 9.97 Å². The van der Waals surface area contributed by atoms with Crippen LogP contribution in [0.25, 0.3) is 0 Å². The first-order valence-electron chi connectivity index (χ1n) is 8.19. The largest absolute Gasteiger partial charge is 0.350 e. The van der Waals surface area contributed by atoms with Crippen LogP contribution in [0.5, 0.6) is 0 Å². The third-order valence-electron chi connectivity index (χ3n) is 4.31. The van der Waals surface area contributed by atoms with Gasteiger partial charge in [-0.2, -0.15) is 8.42 Å². The highest BCUT2D eigenvalue weighted by Gasteiger charge is 2.46. The molecular weight excluding hydrogens is 370 g/mol. The Morgan fingerprint density at radius 2 is 1.81 bits per heavy atom. The number of hydrogen-bond acceptors (Lipinski definition) is 6. The maximum absolute atomic E-state index is 12.9. The molecule has 1 heterocycles. The molecule has 2 amide bonds. The monoisotopic (exact) mass is 389 g/mol. The summed E-state index contributed by atoms with van der Waals surface area (Å²) >= 11 is 0. The van der Waals surface area contributed by atoms with E-state index in [1.54, 1.807) is 38.1 Å². The molecule has 0 spiro atoms. The minimum Gasteiger partial charge on any atom is -0.350 e. The topological polar surface area (TPSA) is 135 Å². The number of aromatic nitrogens is 2. The van der Waals surface area contributed by atoms with E-state index in [1.165, 1.54) is 6.07 Å². The predicted octanol–water partition coefficient (Wildman–Crippen LogP) is 1.57. The lowest BCUT2D eigenvalue weighted by Gasteiger charge is -2.22. The fourth-order valence-electron chi connectivity index (χ4n) is 2.90. The van der Waals surface area contributed by atoms with Gasteiger partial charge in [0.2, 0.25) is 5.95 Å². The summed E-state index contributed by atoms with van der Waals surface area (Å²) < 4.78 is 28.5. The molecule has 0 radical (unpaired) electrons. The fourth-order valence-corrected chi connectivity index (χ4v) is 3.98. The molecule has 0 atom stereocenters. The highest BCUT2D eigenvalue weighted by molar-refractivity contribution is 7.94. The quantitative estimate of drug-likeness (QED) is 0.720. The van der Waals surface area contributed by atoms with Crippen LogP contribution < -0.4 is 14.8 Å². The van der Waals surface area contributed by atoms with E-state index in [-0.39, 0.29) is 11.6 Å². The second-order valence-corrected chi connectivity index (χ2v) is 8.00. The number of nitrogens with two attached hydrogens (primary N) is 1. The number of amides is 2. The number of aryl methyl sites for hydroxylation is 2. The first-order valence-corrected chi connectivity index (χ1v) is 9.63. The molecule has 1 aliphatic carbocycles. The smallest absolute Gasteiger partial charge is 0.337 e. The summed E-state index contributed by atoms with van der Waals surface area (Å²) in [5.41, 5.74) is 6.33. The van der Waals surface area contributed by atoms with E-state index in [2.05, 4.69) is 14.7 Å². The Hall–Kier alpha value is -3.01. The molecule has 3 N–H and O–H groups in total. The van der Waals surface area contributed by atoms with Gasteiger partial charge in [0.15, 0.2) is 0 Å². The van der Waals surface area contributed by atoms with Gasteiger partial charge < -0.3 is 10.5 Å². The molecule has 0 bridgehead atoms. The lowest BCUT2D eigenvalue weighted by molar-refractivity contribution is -0.109. The molecule has 0 saturated heterocycles. The van der Waals surface area contributed by atoms with Gasteiger partial charge in [0.05, 0.1) is 11.1 Å². The van der Waals surface area contributed by atoms with Crippen molar-refractivity contribution in [1.29, 1.82) is 0 Å². The number of rotatable bonds is 6. The number of anilines is 2. The predicted molar refractivity (Wildman–Crippen MR) is 99.5 cm³/mol. The van der Waals surface area contributed by atoms with E-state index in [1.807, 2.05) is 0 Å². The summed E-state index contributed by atoms with van der Waals surface area (Å²) in [6, 6.07) is 6.94. The number of carbonyl (C=O) groups excluding carboxylic acids is 2. The van der Waals surface area contributed by atoms with E-state index >= 15 is 0 Å². The van der Waals surface area contributed by atoms with Crippen molar-refractivity contribution in [2.24, 2.45) is 5.73 Å². The number of hydrogen-bond donors (Lipinski definition) is 2. The summed E-state index contributed by atoms with van der Waals surface area (Å²) in [7, 11) is -4.46. The molecule has 2 aromatic rings. The number of nitrogens with one attached hydrogen (secondary N) is 1. The van der Waals surface area contributed by atoms with Crippen molar-refractivity contribution >= 4 is 34.2 Å². The van der Waals surface area contributed by atoms with Crippen LogP contribution in [0, 0.1) is 13.8 Å². The van der Waals surface area contributed by atoms with Gasteiger partial charge in [0.25, 0.3) is 0 Å². The minimum absolute atomic E-state index is 0.206. The molecule has 27 heavy (non-hydrogen) atoms. The van der Waals surface area contributed by atoms with E-state index in [0.29, 0.717) is 34.1 Å². The fraction of sp³-hybridized carbons (Fsp3) is 0.294. The lowest BCUT2D eigenvalue weighted by Crippen LogP contribution is -2.45. The molecular formula is C17H19N5O4S. The van der Waals surface area contributed by atoms with Gasteiger partial charge in [-0.1, -0.05) is 18.2 Å². The molecule has 1 fully saturated rings. The van der Waals surface area contributed by atoms with Crippen LogP contribution in [0.3, 0.4) is 0 Å².